The van der Waals surface area contributed by atoms with Crippen molar-refractivity contribution in [3.05, 3.63) is 88.9 Å². The molecule has 0 aliphatic carbocycles. The van der Waals surface area contributed by atoms with E-state index in [0.717, 1.165) is 22.2 Å². The molecule has 0 fully saturated rings. The summed E-state index contributed by atoms with van der Waals surface area (Å²) in [5.41, 5.74) is 3.80. The van der Waals surface area contributed by atoms with Crippen LogP contribution in [-0.4, -0.2) is 17.9 Å². The Labute approximate surface area is 156 Å². The van der Waals surface area contributed by atoms with Gasteiger partial charge in [0.15, 0.2) is 5.78 Å². The summed E-state index contributed by atoms with van der Waals surface area (Å²) in [5, 5.41) is 1.40. The summed E-state index contributed by atoms with van der Waals surface area (Å²) >= 11 is 6.20. The maximum Gasteiger partial charge on any atom is 0.195 e. The Kier molecular flexibility index (Phi) is 4.23. The van der Waals surface area contributed by atoms with Gasteiger partial charge in [-0.15, -0.1) is 0 Å². The van der Waals surface area contributed by atoms with Crippen molar-refractivity contribution in [3.63, 3.8) is 0 Å². The molecule has 3 nitrogen and oxygen atoms in total. The van der Waals surface area contributed by atoms with Gasteiger partial charge in [-0.05, 0) is 35.9 Å². The zero-order valence-corrected chi connectivity index (χ0v) is 14.9. The third-order valence-corrected chi connectivity index (χ3v) is 4.62. The summed E-state index contributed by atoms with van der Waals surface area (Å²) in [5.74, 6) is 0.575. The van der Waals surface area contributed by atoms with E-state index in [0.29, 0.717) is 21.9 Å². The zero-order chi connectivity index (χ0) is 18.1. The van der Waals surface area contributed by atoms with E-state index in [9.17, 15) is 4.79 Å². The number of carbonyl (C=O) groups is 1. The van der Waals surface area contributed by atoms with Crippen LogP contribution >= 0.6 is 11.6 Å². The van der Waals surface area contributed by atoms with E-state index < -0.39 is 0 Å². The number of aromatic nitrogens is 1. The highest BCUT2D eigenvalue weighted by molar-refractivity contribution is 6.32. The molecule has 0 amide bonds. The van der Waals surface area contributed by atoms with Crippen molar-refractivity contribution in [2.45, 2.75) is 0 Å². The van der Waals surface area contributed by atoms with Crippen LogP contribution < -0.4 is 4.74 Å². The van der Waals surface area contributed by atoms with Gasteiger partial charge in [0.25, 0.3) is 0 Å². The Morgan fingerprint density at radius 3 is 2.54 bits per heavy atom. The molecule has 1 N–H and O–H groups in total. The molecule has 0 radical (unpaired) electrons. The fourth-order valence-corrected chi connectivity index (χ4v) is 3.30. The van der Waals surface area contributed by atoms with Crippen LogP contribution in [-0.2, 0) is 0 Å². The Hall–Kier alpha value is -3.04. The van der Waals surface area contributed by atoms with Crippen LogP contribution in [0, 0.1) is 0 Å². The molecule has 128 valence electrons. The molecule has 0 unspecified atom stereocenters. The van der Waals surface area contributed by atoms with Gasteiger partial charge in [-0.3, -0.25) is 4.79 Å². The lowest BCUT2D eigenvalue weighted by Crippen LogP contribution is -2.03. The SMILES string of the molecule is COc1cccc(C(=O)c2c(-c3ccccc3)[nH]c3ccc(Cl)cc23)c1. The second kappa shape index (κ2) is 6.70. The molecule has 4 heteroatoms. The summed E-state index contributed by atoms with van der Waals surface area (Å²) in [7, 11) is 1.59. The van der Waals surface area contributed by atoms with Crippen LogP contribution in [0.4, 0.5) is 0 Å². The molecule has 1 aromatic heterocycles. The first-order valence-electron chi connectivity index (χ1n) is 8.23. The second-order valence-corrected chi connectivity index (χ2v) is 6.43. The summed E-state index contributed by atoms with van der Waals surface area (Å²) < 4.78 is 5.26. The molecule has 4 aromatic rings. The van der Waals surface area contributed by atoms with Gasteiger partial charge >= 0.3 is 0 Å². The minimum absolute atomic E-state index is 0.0729. The number of nitrogens with one attached hydrogen (secondary N) is 1. The highest BCUT2D eigenvalue weighted by Gasteiger charge is 2.21. The predicted molar refractivity (Wildman–Crippen MR) is 105 cm³/mol. The molecule has 0 saturated carbocycles. The largest absolute Gasteiger partial charge is 0.497 e. The van der Waals surface area contributed by atoms with Gasteiger partial charge in [0.2, 0.25) is 0 Å². The Morgan fingerprint density at radius 2 is 1.77 bits per heavy atom. The Bertz CT molecular complexity index is 1100. The first-order chi connectivity index (χ1) is 12.7. The summed E-state index contributed by atoms with van der Waals surface area (Å²) in [6.07, 6.45) is 0. The number of ketones is 1. The smallest absolute Gasteiger partial charge is 0.195 e. The first kappa shape index (κ1) is 16.4. The van der Waals surface area contributed by atoms with Gasteiger partial charge in [-0.25, -0.2) is 0 Å². The monoisotopic (exact) mass is 361 g/mol. The molecule has 0 bridgehead atoms. The number of fused-ring (bicyclic) bond motifs is 1. The maximum atomic E-state index is 13.4. The van der Waals surface area contributed by atoms with Crippen LogP contribution in [0.1, 0.15) is 15.9 Å². The van der Waals surface area contributed by atoms with Crippen molar-refractivity contribution in [1.82, 2.24) is 4.98 Å². The highest BCUT2D eigenvalue weighted by Crippen LogP contribution is 2.34. The van der Waals surface area contributed by atoms with Crippen LogP contribution in [0.25, 0.3) is 22.2 Å². The maximum absolute atomic E-state index is 13.4. The lowest BCUT2D eigenvalue weighted by atomic mass is 9.97. The molecule has 0 aliphatic heterocycles. The summed E-state index contributed by atoms with van der Waals surface area (Å²) in [4.78, 5) is 16.8. The van der Waals surface area contributed by atoms with E-state index in [2.05, 4.69) is 4.98 Å². The third-order valence-electron chi connectivity index (χ3n) is 4.38. The number of benzene rings is 3. The van der Waals surface area contributed by atoms with Crippen LogP contribution in [0.15, 0.2) is 72.8 Å². The van der Waals surface area contributed by atoms with Gasteiger partial charge in [0, 0.05) is 21.5 Å². The van der Waals surface area contributed by atoms with Crippen molar-refractivity contribution >= 4 is 28.3 Å². The minimum Gasteiger partial charge on any atom is -0.497 e. The molecule has 26 heavy (non-hydrogen) atoms. The number of hydrogen-bond acceptors (Lipinski definition) is 2. The van der Waals surface area contributed by atoms with E-state index in [4.69, 9.17) is 16.3 Å². The average Bonchev–Trinajstić information content (AvgIpc) is 3.06. The molecule has 4 rings (SSSR count). The Balaban J connectivity index is 1.97. The van der Waals surface area contributed by atoms with Gasteiger partial charge in [0.1, 0.15) is 5.75 Å². The standard InChI is InChI=1S/C22H16ClNO2/c1-26-17-9-5-8-15(12-17)22(25)20-18-13-16(23)10-11-19(18)24-21(20)14-6-3-2-4-7-14/h2-13,24H,1H3. The van der Waals surface area contributed by atoms with E-state index in [1.807, 2.05) is 60.7 Å². The molecule has 0 aliphatic rings. The molecule has 0 atom stereocenters. The molecule has 0 saturated heterocycles. The van der Waals surface area contributed by atoms with E-state index in [1.54, 1.807) is 19.2 Å². The fraction of sp³-hybridized carbons (Fsp3) is 0.0455. The van der Waals surface area contributed by atoms with Crippen LogP contribution in [0.2, 0.25) is 5.02 Å². The number of halogens is 1. The van der Waals surface area contributed by atoms with Gasteiger partial charge < -0.3 is 9.72 Å². The van der Waals surface area contributed by atoms with Gasteiger partial charge in [-0.1, -0.05) is 54.1 Å². The molecule has 0 spiro atoms. The van der Waals surface area contributed by atoms with Gasteiger partial charge in [-0.2, -0.15) is 0 Å². The van der Waals surface area contributed by atoms with Crippen molar-refractivity contribution in [3.8, 4) is 17.0 Å². The number of H-pyrrole nitrogens is 1. The van der Waals surface area contributed by atoms with Crippen molar-refractivity contribution in [2.24, 2.45) is 0 Å². The lowest BCUT2D eigenvalue weighted by Gasteiger charge is -2.07. The van der Waals surface area contributed by atoms with Crippen molar-refractivity contribution < 1.29 is 9.53 Å². The average molecular weight is 362 g/mol. The minimum atomic E-state index is -0.0729. The van der Waals surface area contributed by atoms with E-state index >= 15 is 0 Å². The van der Waals surface area contributed by atoms with Crippen LogP contribution in [0.5, 0.6) is 5.75 Å². The number of methoxy groups -OCH3 is 1. The second-order valence-electron chi connectivity index (χ2n) is 5.99. The fourth-order valence-electron chi connectivity index (χ4n) is 3.13. The molecule has 3 aromatic carbocycles. The molecular weight excluding hydrogens is 346 g/mol. The lowest BCUT2D eigenvalue weighted by molar-refractivity contribution is 0.104. The molecule has 1 heterocycles. The van der Waals surface area contributed by atoms with Crippen molar-refractivity contribution in [1.29, 1.82) is 0 Å². The summed E-state index contributed by atoms with van der Waals surface area (Å²) in [6.45, 7) is 0. The van der Waals surface area contributed by atoms with Crippen LogP contribution in [0.3, 0.4) is 0 Å². The normalized spacial score (nSPS) is 10.8. The zero-order valence-electron chi connectivity index (χ0n) is 14.1. The summed E-state index contributed by atoms with van der Waals surface area (Å²) in [6, 6.07) is 22.5. The van der Waals surface area contributed by atoms with E-state index in [-0.39, 0.29) is 5.78 Å². The predicted octanol–water partition coefficient (Wildman–Crippen LogP) is 5.73. The molecular formula is C22H16ClNO2. The Morgan fingerprint density at radius 1 is 0.962 bits per heavy atom. The number of ether oxygens (including phenoxy) is 1. The number of aromatic amines is 1. The first-order valence-corrected chi connectivity index (χ1v) is 8.60. The third kappa shape index (κ3) is 2.87. The topological polar surface area (TPSA) is 42.1 Å². The van der Waals surface area contributed by atoms with Gasteiger partial charge in [0.05, 0.1) is 18.4 Å². The highest BCUT2D eigenvalue weighted by atomic mass is 35.5. The number of hydrogen-bond donors (Lipinski definition) is 1. The van der Waals surface area contributed by atoms with E-state index in [1.165, 1.54) is 0 Å². The number of carbonyl (C=O) groups excluding carboxylic acids is 1. The number of rotatable bonds is 4. The van der Waals surface area contributed by atoms with Crippen molar-refractivity contribution in [2.75, 3.05) is 7.11 Å². The quantitative estimate of drug-likeness (QED) is 0.472.